The van der Waals surface area contributed by atoms with Crippen LogP contribution >= 0.6 is 0 Å². The van der Waals surface area contributed by atoms with E-state index in [0.29, 0.717) is 12.1 Å². The van der Waals surface area contributed by atoms with E-state index in [-0.39, 0.29) is 11.7 Å². The Morgan fingerprint density at radius 2 is 2.58 bits per heavy atom. The highest BCUT2D eigenvalue weighted by molar-refractivity contribution is 5.86. The highest BCUT2D eigenvalue weighted by Gasteiger charge is 2.13. The molecule has 0 aliphatic rings. The van der Waals surface area contributed by atoms with Crippen molar-refractivity contribution in [2.45, 2.75) is 19.4 Å². The molecule has 0 aliphatic heterocycles. The molecule has 5 heteroatoms. The smallest absolute Gasteiger partial charge is 0.356 e. The van der Waals surface area contributed by atoms with Gasteiger partial charge in [0.1, 0.15) is 0 Å². The number of carboxylic acids is 1. The average Bonchev–Trinajstić information content (AvgIpc) is 2.33. The minimum Gasteiger partial charge on any atom is -0.476 e. The van der Waals surface area contributed by atoms with E-state index in [2.05, 4.69) is 9.97 Å². The minimum atomic E-state index is -1.02. The Labute approximate surface area is 69.6 Å². The third-order valence-electron chi connectivity index (χ3n) is 1.45. The van der Waals surface area contributed by atoms with Crippen LogP contribution in [0.15, 0.2) is 6.33 Å². The molecule has 0 amide bonds. The van der Waals surface area contributed by atoms with E-state index < -0.39 is 5.97 Å². The van der Waals surface area contributed by atoms with Gasteiger partial charge in [-0.25, -0.2) is 9.78 Å². The zero-order valence-electron chi connectivity index (χ0n) is 6.74. The maximum absolute atomic E-state index is 10.5. The van der Waals surface area contributed by atoms with Crippen LogP contribution in [0.3, 0.4) is 0 Å². The summed E-state index contributed by atoms with van der Waals surface area (Å²) in [5.41, 5.74) is 6.16. The molecule has 1 aromatic heterocycles. The zero-order valence-corrected chi connectivity index (χ0v) is 6.74. The molecule has 4 N–H and O–H groups in total. The van der Waals surface area contributed by atoms with E-state index in [1.54, 1.807) is 0 Å². The number of rotatable bonds is 3. The van der Waals surface area contributed by atoms with Crippen molar-refractivity contribution in [3.63, 3.8) is 0 Å². The van der Waals surface area contributed by atoms with Crippen LogP contribution in [-0.4, -0.2) is 27.1 Å². The number of aromatic amines is 1. The summed E-state index contributed by atoms with van der Waals surface area (Å²) in [6.07, 6.45) is 1.86. The molecule has 0 radical (unpaired) electrons. The van der Waals surface area contributed by atoms with Crippen LogP contribution in [0.5, 0.6) is 0 Å². The van der Waals surface area contributed by atoms with Gasteiger partial charge in [0.15, 0.2) is 5.69 Å². The second kappa shape index (κ2) is 3.36. The van der Waals surface area contributed by atoms with Gasteiger partial charge in [0.2, 0.25) is 0 Å². The fourth-order valence-electron chi connectivity index (χ4n) is 0.983. The minimum absolute atomic E-state index is 0.0623. The predicted molar refractivity (Wildman–Crippen MR) is 42.9 cm³/mol. The third kappa shape index (κ3) is 1.82. The number of nitrogens with zero attached hydrogens (tertiary/aromatic N) is 1. The van der Waals surface area contributed by atoms with Crippen LogP contribution in [0.4, 0.5) is 0 Å². The van der Waals surface area contributed by atoms with Gasteiger partial charge in [-0.15, -0.1) is 0 Å². The molecule has 1 rings (SSSR count). The molecule has 12 heavy (non-hydrogen) atoms. The van der Waals surface area contributed by atoms with E-state index in [1.165, 1.54) is 6.33 Å². The van der Waals surface area contributed by atoms with Crippen LogP contribution in [0.1, 0.15) is 23.1 Å². The number of aromatic nitrogens is 2. The molecule has 0 bridgehead atoms. The highest BCUT2D eigenvalue weighted by Crippen LogP contribution is 2.04. The largest absolute Gasteiger partial charge is 0.476 e. The summed E-state index contributed by atoms with van der Waals surface area (Å²) in [6, 6.07) is -0.0662. The lowest BCUT2D eigenvalue weighted by Gasteiger charge is -2.02. The van der Waals surface area contributed by atoms with Gasteiger partial charge in [-0.2, -0.15) is 0 Å². The van der Waals surface area contributed by atoms with Crippen molar-refractivity contribution in [3.05, 3.63) is 17.7 Å². The first-order valence-electron chi connectivity index (χ1n) is 3.62. The van der Waals surface area contributed by atoms with Crippen molar-refractivity contribution in [3.8, 4) is 0 Å². The van der Waals surface area contributed by atoms with Gasteiger partial charge in [0.05, 0.1) is 12.0 Å². The number of carbonyl (C=O) groups is 1. The Morgan fingerprint density at radius 3 is 3.08 bits per heavy atom. The van der Waals surface area contributed by atoms with Gasteiger partial charge in [-0.3, -0.25) is 0 Å². The quantitative estimate of drug-likeness (QED) is 0.593. The lowest BCUT2D eigenvalue weighted by atomic mass is 10.1. The molecule has 0 aromatic carbocycles. The summed E-state index contributed by atoms with van der Waals surface area (Å²) in [5, 5.41) is 8.64. The highest BCUT2D eigenvalue weighted by atomic mass is 16.4. The molecular formula is C7H11N3O2. The SMILES string of the molecule is C[C@@H](N)Cc1[nH]cnc1C(=O)O. The molecule has 0 saturated heterocycles. The lowest BCUT2D eigenvalue weighted by Crippen LogP contribution is -2.19. The molecule has 1 heterocycles. The molecule has 1 atom stereocenters. The lowest BCUT2D eigenvalue weighted by molar-refractivity contribution is 0.0690. The first kappa shape index (κ1) is 8.73. The van der Waals surface area contributed by atoms with Crippen molar-refractivity contribution < 1.29 is 9.90 Å². The monoisotopic (exact) mass is 169 g/mol. The van der Waals surface area contributed by atoms with Gasteiger partial charge < -0.3 is 15.8 Å². The summed E-state index contributed by atoms with van der Waals surface area (Å²) in [4.78, 5) is 16.9. The van der Waals surface area contributed by atoms with E-state index in [4.69, 9.17) is 10.8 Å². The van der Waals surface area contributed by atoms with Crippen molar-refractivity contribution >= 4 is 5.97 Å². The van der Waals surface area contributed by atoms with E-state index in [0.717, 1.165) is 0 Å². The van der Waals surface area contributed by atoms with Crippen molar-refractivity contribution in [1.82, 2.24) is 9.97 Å². The normalized spacial score (nSPS) is 12.8. The van der Waals surface area contributed by atoms with Crippen molar-refractivity contribution in [2.24, 2.45) is 5.73 Å². The number of aromatic carboxylic acids is 1. The number of carboxylic acid groups (broad SMARTS) is 1. The molecule has 0 spiro atoms. The standard InChI is InChI=1S/C7H11N3O2/c1-4(8)2-5-6(7(11)12)10-3-9-5/h3-4H,2,8H2,1H3,(H,9,10)(H,11,12)/t4-/m1/s1. The first-order valence-corrected chi connectivity index (χ1v) is 3.62. The van der Waals surface area contributed by atoms with Crippen LogP contribution < -0.4 is 5.73 Å². The molecule has 5 nitrogen and oxygen atoms in total. The summed E-state index contributed by atoms with van der Waals surface area (Å²) in [6.45, 7) is 1.81. The van der Waals surface area contributed by atoms with Crippen LogP contribution in [-0.2, 0) is 6.42 Å². The predicted octanol–water partition coefficient (Wildman–Crippen LogP) is -0.00240. The molecule has 66 valence electrons. The van der Waals surface area contributed by atoms with Crippen LogP contribution in [0.25, 0.3) is 0 Å². The summed E-state index contributed by atoms with van der Waals surface area (Å²) < 4.78 is 0. The van der Waals surface area contributed by atoms with E-state index in [9.17, 15) is 4.79 Å². The molecule has 0 fully saturated rings. The van der Waals surface area contributed by atoms with Gasteiger partial charge in [0, 0.05) is 12.5 Å². The summed E-state index contributed by atoms with van der Waals surface area (Å²) in [5.74, 6) is -1.02. The Morgan fingerprint density at radius 1 is 1.92 bits per heavy atom. The van der Waals surface area contributed by atoms with Gasteiger partial charge in [-0.05, 0) is 6.92 Å². The van der Waals surface area contributed by atoms with E-state index in [1.807, 2.05) is 6.92 Å². The number of H-pyrrole nitrogens is 1. The maximum atomic E-state index is 10.5. The first-order chi connectivity index (χ1) is 5.61. The molecule has 0 aliphatic carbocycles. The fraction of sp³-hybridized carbons (Fsp3) is 0.429. The molecular weight excluding hydrogens is 158 g/mol. The van der Waals surface area contributed by atoms with E-state index >= 15 is 0 Å². The number of hydrogen-bond acceptors (Lipinski definition) is 3. The molecule has 1 aromatic rings. The van der Waals surface area contributed by atoms with Crippen LogP contribution in [0, 0.1) is 0 Å². The Balaban J connectivity index is 2.84. The summed E-state index contributed by atoms with van der Waals surface area (Å²) in [7, 11) is 0. The number of imidazole rings is 1. The maximum Gasteiger partial charge on any atom is 0.356 e. The number of hydrogen-bond donors (Lipinski definition) is 3. The number of nitrogens with two attached hydrogens (primary N) is 1. The van der Waals surface area contributed by atoms with Gasteiger partial charge in [0.25, 0.3) is 0 Å². The second-order valence-corrected chi connectivity index (χ2v) is 2.72. The number of nitrogens with one attached hydrogen (secondary N) is 1. The molecule has 0 saturated carbocycles. The molecule has 0 unspecified atom stereocenters. The topological polar surface area (TPSA) is 92.0 Å². The van der Waals surface area contributed by atoms with Crippen LogP contribution in [0.2, 0.25) is 0 Å². The van der Waals surface area contributed by atoms with Gasteiger partial charge >= 0.3 is 5.97 Å². The zero-order chi connectivity index (χ0) is 9.14. The Kier molecular flexibility index (Phi) is 2.44. The summed E-state index contributed by atoms with van der Waals surface area (Å²) >= 11 is 0. The Bertz CT molecular complexity index is 280. The second-order valence-electron chi connectivity index (χ2n) is 2.72. The fourth-order valence-corrected chi connectivity index (χ4v) is 0.983. The average molecular weight is 169 g/mol. The van der Waals surface area contributed by atoms with Crippen molar-refractivity contribution in [2.75, 3.05) is 0 Å². The third-order valence-corrected chi connectivity index (χ3v) is 1.45. The van der Waals surface area contributed by atoms with Gasteiger partial charge in [-0.1, -0.05) is 0 Å². The van der Waals surface area contributed by atoms with Crippen molar-refractivity contribution in [1.29, 1.82) is 0 Å². The Hall–Kier alpha value is -1.36.